The molecule has 1 unspecified atom stereocenters. The lowest BCUT2D eigenvalue weighted by Gasteiger charge is -2.05. The molecular formula is C12H15FN2. The van der Waals surface area contributed by atoms with E-state index in [4.69, 9.17) is 5.73 Å². The molecule has 0 aliphatic carbocycles. The van der Waals surface area contributed by atoms with Crippen molar-refractivity contribution in [3.05, 3.63) is 34.8 Å². The van der Waals surface area contributed by atoms with Gasteiger partial charge in [0.15, 0.2) is 0 Å². The fourth-order valence-corrected chi connectivity index (χ4v) is 2.17. The Hall–Kier alpha value is -1.35. The number of hydrogen-bond acceptors (Lipinski definition) is 1. The molecule has 0 radical (unpaired) electrons. The monoisotopic (exact) mass is 206 g/mol. The van der Waals surface area contributed by atoms with Gasteiger partial charge in [-0.25, -0.2) is 4.39 Å². The zero-order chi connectivity index (χ0) is 11.2. The van der Waals surface area contributed by atoms with Gasteiger partial charge < -0.3 is 10.7 Å². The minimum absolute atomic E-state index is 0.0834. The van der Waals surface area contributed by atoms with Crippen molar-refractivity contribution in [3.8, 4) is 0 Å². The molecule has 0 bridgehead atoms. The number of halogens is 1. The van der Waals surface area contributed by atoms with Gasteiger partial charge in [0.2, 0.25) is 0 Å². The first-order valence-corrected chi connectivity index (χ1v) is 5.04. The average Bonchev–Trinajstić information content (AvgIpc) is 2.41. The SMILES string of the molecule is Cc1[nH]c2c(C)cc(F)cc2c1C(C)N. The van der Waals surface area contributed by atoms with Gasteiger partial charge in [0.1, 0.15) is 5.82 Å². The predicted molar refractivity (Wildman–Crippen MR) is 60.3 cm³/mol. The van der Waals surface area contributed by atoms with Gasteiger partial charge in [-0.05, 0) is 44.0 Å². The second-order valence-corrected chi connectivity index (χ2v) is 4.10. The van der Waals surface area contributed by atoms with Crippen LogP contribution in [0.15, 0.2) is 12.1 Å². The zero-order valence-corrected chi connectivity index (χ0v) is 9.19. The van der Waals surface area contributed by atoms with Crippen molar-refractivity contribution in [2.45, 2.75) is 26.8 Å². The first kappa shape index (κ1) is 10.2. The van der Waals surface area contributed by atoms with Crippen LogP contribution in [0.25, 0.3) is 10.9 Å². The van der Waals surface area contributed by atoms with E-state index in [1.807, 2.05) is 20.8 Å². The third-order valence-electron chi connectivity index (χ3n) is 2.76. The molecule has 2 aromatic rings. The van der Waals surface area contributed by atoms with Crippen molar-refractivity contribution in [1.82, 2.24) is 4.98 Å². The highest BCUT2D eigenvalue weighted by molar-refractivity contribution is 5.87. The molecule has 0 saturated carbocycles. The smallest absolute Gasteiger partial charge is 0.124 e. The summed E-state index contributed by atoms with van der Waals surface area (Å²) in [7, 11) is 0. The van der Waals surface area contributed by atoms with Gasteiger partial charge in [0.05, 0.1) is 0 Å². The van der Waals surface area contributed by atoms with Gasteiger partial charge in [-0.3, -0.25) is 0 Å². The number of aromatic amines is 1. The Kier molecular flexibility index (Phi) is 2.27. The van der Waals surface area contributed by atoms with Gasteiger partial charge in [-0.15, -0.1) is 0 Å². The van der Waals surface area contributed by atoms with Gasteiger partial charge in [-0.1, -0.05) is 0 Å². The Bertz CT molecular complexity index is 512. The second kappa shape index (κ2) is 3.35. The maximum Gasteiger partial charge on any atom is 0.124 e. The summed E-state index contributed by atoms with van der Waals surface area (Å²) in [5.41, 5.74) is 9.82. The highest BCUT2D eigenvalue weighted by Crippen LogP contribution is 2.29. The molecule has 80 valence electrons. The lowest BCUT2D eigenvalue weighted by molar-refractivity contribution is 0.628. The quantitative estimate of drug-likeness (QED) is 0.740. The Balaban J connectivity index is 2.86. The molecule has 2 rings (SSSR count). The predicted octanol–water partition coefficient (Wildman–Crippen LogP) is 2.94. The van der Waals surface area contributed by atoms with Gasteiger partial charge >= 0.3 is 0 Å². The molecule has 0 fully saturated rings. The molecule has 3 N–H and O–H groups in total. The zero-order valence-electron chi connectivity index (χ0n) is 9.19. The van der Waals surface area contributed by atoms with Crippen LogP contribution >= 0.6 is 0 Å². The minimum atomic E-state index is -0.207. The third-order valence-corrected chi connectivity index (χ3v) is 2.76. The molecule has 0 aliphatic rings. The molecule has 0 saturated heterocycles. The summed E-state index contributed by atoms with van der Waals surface area (Å²) < 4.78 is 13.3. The van der Waals surface area contributed by atoms with Crippen molar-refractivity contribution in [2.75, 3.05) is 0 Å². The summed E-state index contributed by atoms with van der Waals surface area (Å²) in [5.74, 6) is -0.207. The number of fused-ring (bicyclic) bond motifs is 1. The van der Waals surface area contributed by atoms with Crippen LogP contribution in [0, 0.1) is 19.7 Å². The van der Waals surface area contributed by atoms with Crippen LogP contribution < -0.4 is 5.73 Å². The van der Waals surface area contributed by atoms with Crippen molar-refractivity contribution in [2.24, 2.45) is 5.73 Å². The van der Waals surface area contributed by atoms with E-state index in [1.165, 1.54) is 6.07 Å². The van der Waals surface area contributed by atoms with Crippen LogP contribution in [-0.4, -0.2) is 4.98 Å². The Morgan fingerprint density at radius 2 is 2.00 bits per heavy atom. The largest absolute Gasteiger partial charge is 0.358 e. The van der Waals surface area contributed by atoms with Crippen LogP contribution in [0.5, 0.6) is 0 Å². The summed E-state index contributed by atoms with van der Waals surface area (Å²) >= 11 is 0. The van der Waals surface area contributed by atoms with Crippen LogP contribution in [0.1, 0.15) is 29.8 Å². The van der Waals surface area contributed by atoms with Gasteiger partial charge in [0, 0.05) is 22.6 Å². The van der Waals surface area contributed by atoms with Gasteiger partial charge in [-0.2, -0.15) is 0 Å². The van der Waals surface area contributed by atoms with Crippen molar-refractivity contribution >= 4 is 10.9 Å². The molecule has 0 amide bonds. The number of benzene rings is 1. The molecule has 1 atom stereocenters. The summed E-state index contributed by atoms with van der Waals surface area (Å²) in [6.07, 6.45) is 0. The maximum atomic E-state index is 13.3. The number of aryl methyl sites for hydroxylation is 2. The summed E-state index contributed by atoms with van der Waals surface area (Å²) in [5, 5.41) is 0.903. The molecule has 15 heavy (non-hydrogen) atoms. The summed E-state index contributed by atoms with van der Waals surface area (Å²) in [4.78, 5) is 3.26. The Morgan fingerprint density at radius 3 is 2.60 bits per heavy atom. The number of nitrogens with one attached hydrogen (secondary N) is 1. The molecule has 0 aliphatic heterocycles. The van der Waals surface area contributed by atoms with Crippen LogP contribution in [0.2, 0.25) is 0 Å². The molecular weight excluding hydrogens is 191 g/mol. The number of rotatable bonds is 1. The van der Waals surface area contributed by atoms with E-state index < -0.39 is 0 Å². The highest BCUT2D eigenvalue weighted by atomic mass is 19.1. The molecule has 1 aromatic heterocycles. The summed E-state index contributed by atoms with van der Waals surface area (Å²) in [6, 6.07) is 2.99. The van der Waals surface area contributed by atoms with E-state index >= 15 is 0 Å². The number of H-pyrrole nitrogens is 1. The lowest BCUT2D eigenvalue weighted by Crippen LogP contribution is -2.05. The summed E-state index contributed by atoms with van der Waals surface area (Å²) in [6.45, 7) is 5.78. The van der Waals surface area contributed by atoms with E-state index in [9.17, 15) is 4.39 Å². The third kappa shape index (κ3) is 1.53. The first-order chi connectivity index (χ1) is 7.00. The van der Waals surface area contributed by atoms with Crippen molar-refractivity contribution in [3.63, 3.8) is 0 Å². The molecule has 3 heteroatoms. The Morgan fingerprint density at radius 1 is 1.33 bits per heavy atom. The average molecular weight is 206 g/mol. The van der Waals surface area contributed by atoms with Crippen molar-refractivity contribution < 1.29 is 4.39 Å². The fourth-order valence-electron chi connectivity index (χ4n) is 2.17. The highest BCUT2D eigenvalue weighted by Gasteiger charge is 2.14. The van der Waals surface area contributed by atoms with E-state index in [1.54, 1.807) is 6.07 Å². The van der Waals surface area contributed by atoms with Crippen LogP contribution in [-0.2, 0) is 0 Å². The standard InChI is InChI=1S/C12H15FN2/c1-6-4-9(13)5-10-11(7(2)14)8(3)15-12(6)10/h4-5,7,15H,14H2,1-3H3. The Labute approximate surface area is 88.3 Å². The van der Waals surface area contributed by atoms with E-state index in [2.05, 4.69) is 4.98 Å². The maximum absolute atomic E-state index is 13.3. The molecule has 1 aromatic carbocycles. The van der Waals surface area contributed by atoms with E-state index in [-0.39, 0.29) is 11.9 Å². The van der Waals surface area contributed by atoms with Crippen molar-refractivity contribution in [1.29, 1.82) is 0 Å². The fraction of sp³-hybridized carbons (Fsp3) is 0.333. The molecule has 1 heterocycles. The van der Waals surface area contributed by atoms with E-state index in [0.717, 1.165) is 27.7 Å². The molecule has 2 nitrogen and oxygen atoms in total. The normalized spacial score (nSPS) is 13.4. The number of hydrogen-bond donors (Lipinski definition) is 2. The van der Waals surface area contributed by atoms with Crippen LogP contribution in [0.4, 0.5) is 4.39 Å². The second-order valence-electron chi connectivity index (χ2n) is 4.10. The number of nitrogens with two attached hydrogens (primary N) is 1. The minimum Gasteiger partial charge on any atom is -0.358 e. The number of aromatic nitrogens is 1. The molecule has 0 spiro atoms. The van der Waals surface area contributed by atoms with Crippen LogP contribution in [0.3, 0.4) is 0 Å². The van der Waals surface area contributed by atoms with Gasteiger partial charge in [0.25, 0.3) is 0 Å². The first-order valence-electron chi connectivity index (χ1n) is 5.04. The lowest BCUT2D eigenvalue weighted by atomic mass is 10.0. The topological polar surface area (TPSA) is 41.8 Å². The van der Waals surface area contributed by atoms with E-state index in [0.29, 0.717) is 0 Å².